The normalized spacial score (nSPS) is 19.9. The minimum Gasteiger partial charge on any atom is -0.339 e. The first-order chi connectivity index (χ1) is 7.57. The number of H-pyrrole nitrogens is 1. The maximum absolute atomic E-state index is 6.32. The maximum atomic E-state index is 6.32. The van der Waals surface area contributed by atoms with E-state index >= 15 is 0 Å². The quantitative estimate of drug-likeness (QED) is 0.805. The Labute approximate surface area is 94.3 Å². The van der Waals surface area contributed by atoms with Gasteiger partial charge in [-0.2, -0.15) is 0 Å². The Morgan fingerprint density at radius 2 is 2.12 bits per heavy atom. The minimum atomic E-state index is -0.339. The Bertz CT molecular complexity index is 537. The second kappa shape index (κ2) is 3.04. The van der Waals surface area contributed by atoms with Crippen molar-refractivity contribution in [3.8, 4) is 0 Å². The van der Waals surface area contributed by atoms with E-state index in [0.29, 0.717) is 5.92 Å². The van der Waals surface area contributed by atoms with Crippen LogP contribution in [0.25, 0.3) is 11.2 Å². The number of imidazole rings is 1. The van der Waals surface area contributed by atoms with Crippen molar-refractivity contribution in [2.75, 3.05) is 0 Å². The summed E-state index contributed by atoms with van der Waals surface area (Å²) in [5.74, 6) is 1.43. The van der Waals surface area contributed by atoms with E-state index in [9.17, 15) is 0 Å². The predicted molar refractivity (Wildman–Crippen MR) is 62.9 cm³/mol. The Balaban J connectivity index is 2.11. The van der Waals surface area contributed by atoms with Gasteiger partial charge in [0.25, 0.3) is 0 Å². The van der Waals surface area contributed by atoms with Gasteiger partial charge in [0.2, 0.25) is 0 Å². The lowest BCUT2D eigenvalue weighted by Gasteiger charge is -2.21. The summed E-state index contributed by atoms with van der Waals surface area (Å²) in [5.41, 5.74) is 8.71. The molecule has 2 heterocycles. The second-order valence-corrected chi connectivity index (χ2v) is 4.97. The predicted octanol–water partition coefficient (Wildman–Crippen LogP) is 1.85. The van der Waals surface area contributed by atoms with Crippen LogP contribution >= 0.6 is 0 Å². The Kier molecular flexibility index (Phi) is 1.86. The van der Waals surface area contributed by atoms with Crippen molar-refractivity contribution in [1.29, 1.82) is 0 Å². The molecular weight excluding hydrogens is 200 g/mol. The van der Waals surface area contributed by atoms with E-state index in [4.69, 9.17) is 5.73 Å². The summed E-state index contributed by atoms with van der Waals surface area (Å²) in [6.07, 6.45) is 2.41. The van der Waals surface area contributed by atoms with Gasteiger partial charge in [0, 0.05) is 5.69 Å². The van der Waals surface area contributed by atoms with Gasteiger partial charge in [0.05, 0.1) is 11.1 Å². The molecule has 84 valence electrons. The number of fused-ring (bicyclic) bond motifs is 1. The minimum absolute atomic E-state index is 0.339. The van der Waals surface area contributed by atoms with Crippen molar-refractivity contribution in [1.82, 2.24) is 15.0 Å². The summed E-state index contributed by atoms with van der Waals surface area (Å²) in [7, 11) is 0. The zero-order valence-electron chi connectivity index (χ0n) is 9.62. The van der Waals surface area contributed by atoms with Crippen LogP contribution < -0.4 is 5.73 Å². The summed E-state index contributed by atoms with van der Waals surface area (Å²) in [4.78, 5) is 12.2. The molecule has 1 fully saturated rings. The first kappa shape index (κ1) is 9.78. The summed E-state index contributed by atoms with van der Waals surface area (Å²) in [5, 5.41) is 0. The molecule has 0 radical (unpaired) electrons. The third-order valence-electron chi connectivity index (χ3n) is 3.42. The maximum Gasteiger partial charge on any atom is 0.178 e. The third-order valence-corrected chi connectivity index (χ3v) is 3.42. The Morgan fingerprint density at radius 3 is 2.81 bits per heavy atom. The third kappa shape index (κ3) is 1.41. The average Bonchev–Trinajstić information content (AvgIpc) is 2.99. The number of hydrogen-bond acceptors (Lipinski definition) is 3. The van der Waals surface area contributed by atoms with Gasteiger partial charge in [-0.15, -0.1) is 0 Å². The van der Waals surface area contributed by atoms with Crippen LogP contribution in [-0.4, -0.2) is 15.0 Å². The van der Waals surface area contributed by atoms with Crippen LogP contribution in [0, 0.1) is 12.8 Å². The molecule has 1 aliphatic carbocycles. The Hall–Kier alpha value is -1.42. The van der Waals surface area contributed by atoms with E-state index in [1.807, 2.05) is 19.1 Å². The number of nitrogens with zero attached hydrogens (tertiary/aromatic N) is 2. The number of nitrogens with two attached hydrogens (primary N) is 1. The zero-order chi connectivity index (χ0) is 11.3. The molecule has 16 heavy (non-hydrogen) atoms. The molecule has 3 rings (SSSR count). The SMILES string of the molecule is Cc1ccc2[nH]c(C(C)(N)C3CC3)nc2n1. The summed E-state index contributed by atoms with van der Waals surface area (Å²) >= 11 is 0. The fraction of sp³-hybridized carbons (Fsp3) is 0.500. The fourth-order valence-electron chi connectivity index (χ4n) is 2.12. The summed E-state index contributed by atoms with van der Waals surface area (Å²) in [6, 6.07) is 3.99. The van der Waals surface area contributed by atoms with E-state index in [-0.39, 0.29) is 5.54 Å². The molecule has 0 saturated heterocycles. The van der Waals surface area contributed by atoms with Gasteiger partial charge < -0.3 is 10.7 Å². The highest BCUT2D eigenvalue weighted by Gasteiger charge is 2.41. The van der Waals surface area contributed by atoms with Crippen LogP contribution in [0.3, 0.4) is 0 Å². The van der Waals surface area contributed by atoms with Crippen LogP contribution in [0.5, 0.6) is 0 Å². The Morgan fingerprint density at radius 1 is 1.38 bits per heavy atom. The number of aromatic amines is 1. The van der Waals surface area contributed by atoms with Crippen LogP contribution in [0.1, 0.15) is 31.3 Å². The number of hydrogen-bond donors (Lipinski definition) is 2. The summed E-state index contributed by atoms with van der Waals surface area (Å²) < 4.78 is 0. The van der Waals surface area contributed by atoms with Gasteiger partial charge in [0.15, 0.2) is 5.65 Å². The van der Waals surface area contributed by atoms with Gasteiger partial charge in [-0.1, -0.05) is 0 Å². The molecular formula is C12H16N4. The molecule has 0 spiro atoms. The van der Waals surface area contributed by atoms with Crippen molar-refractivity contribution >= 4 is 11.2 Å². The highest BCUT2D eigenvalue weighted by atomic mass is 15.0. The van der Waals surface area contributed by atoms with Crippen LogP contribution in [0.4, 0.5) is 0 Å². The van der Waals surface area contributed by atoms with E-state index in [1.165, 1.54) is 12.8 Å². The van der Waals surface area contributed by atoms with Crippen LogP contribution in [-0.2, 0) is 5.54 Å². The number of pyridine rings is 1. The number of aryl methyl sites for hydroxylation is 1. The number of aromatic nitrogens is 3. The number of rotatable bonds is 2. The van der Waals surface area contributed by atoms with Crippen molar-refractivity contribution in [2.45, 2.75) is 32.2 Å². The lowest BCUT2D eigenvalue weighted by Crippen LogP contribution is -2.36. The van der Waals surface area contributed by atoms with Gasteiger partial charge in [0.1, 0.15) is 5.82 Å². The second-order valence-electron chi connectivity index (χ2n) is 4.97. The molecule has 4 heteroatoms. The largest absolute Gasteiger partial charge is 0.339 e. The standard InChI is InChI=1S/C12H16N4/c1-7-3-6-9-10(14-7)16-11(15-9)12(2,13)8-4-5-8/h3,6,8H,4-5,13H2,1-2H3,(H,14,15,16). The molecule has 0 aromatic carbocycles. The zero-order valence-corrected chi connectivity index (χ0v) is 9.62. The van der Waals surface area contributed by atoms with Crippen molar-refractivity contribution < 1.29 is 0 Å². The van der Waals surface area contributed by atoms with Gasteiger partial charge >= 0.3 is 0 Å². The van der Waals surface area contributed by atoms with E-state index in [1.54, 1.807) is 0 Å². The molecule has 1 unspecified atom stereocenters. The van der Waals surface area contributed by atoms with Gasteiger partial charge in [-0.3, -0.25) is 0 Å². The smallest absolute Gasteiger partial charge is 0.178 e. The van der Waals surface area contributed by atoms with Crippen molar-refractivity contribution in [3.05, 3.63) is 23.7 Å². The van der Waals surface area contributed by atoms with Crippen LogP contribution in [0.15, 0.2) is 12.1 Å². The first-order valence-corrected chi connectivity index (χ1v) is 5.70. The molecule has 0 amide bonds. The lowest BCUT2D eigenvalue weighted by molar-refractivity contribution is 0.405. The van der Waals surface area contributed by atoms with E-state index in [2.05, 4.69) is 21.9 Å². The van der Waals surface area contributed by atoms with Gasteiger partial charge in [-0.05, 0) is 44.7 Å². The molecule has 2 aromatic rings. The molecule has 0 aliphatic heterocycles. The monoisotopic (exact) mass is 216 g/mol. The lowest BCUT2D eigenvalue weighted by atomic mass is 9.97. The highest BCUT2D eigenvalue weighted by Crippen LogP contribution is 2.43. The van der Waals surface area contributed by atoms with Crippen molar-refractivity contribution in [2.24, 2.45) is 11.7 Å². The van der Waals surface area contributed by atoms with Crippen LogP contribution in [0.2, 0.25) is 0 Å². The van der Waals surface area contributed by atoms with E-state index < -0.39 is 0 Å². The summed E-state index contributed by atoms with van der Waals surface area (Å²) in [6.45, 7) is 4.02. The van der Waals surface area contributed by atoms with Crippen molar-refractivity contribution in [3.63, 3.8) is 0 Å². The molecule has 1 aliphatic rings. The number of nitrogens with one attached hydrogen (secondary N) is 1. The van der Waals surface area contributed by atoms with Gasteiger partial charge in [-0.25, -0.2) is 9.97 Å². The molecule has 1 saturated carbocycles. The molecule has 0 bridgehead atoms. The average molecular weight is 216 g/mol. The highest BCUT2D eigenvalue weighted by molar-refractivity contribution is 5.70. The topological polar surface area (TPSA) is 67.6 Å². The molecule has 2 aromatic heterocycles. The first-order valence-electron chi connectivity index (χ1n) is 5.70. The fourth-order valence-corrected chi connectivity index (χ4v) is 2.12. The molecule has 1 atom stereocenters. The van der Waals surface area contributed by atoms with E-state index in [0.717, 1.165) is 22.7 Å². The molecule has 3 N–H and O–H groups in total. The molecule has 4 nitrogen and oxygen atoms in total.